The first-order valence-corrected chi connectivity index (χ1v) is 9.96. The molecule has 7 heteroatoms. The molecule has 2 fully saturated rings. The molecule has 0 spiro atoms. The van der Waals surface area contributed by atoms with Crippen molar-refractivity contribution in [3.05, 3.63) is 41.7 Å². The zero-order chi connectivity index (χ0) is 18.6. The van der Waals surface area contributed by atoms with Gasteiger partial charge >= 0.3 is 0 Å². The Morgan fingerprint density at radius 1 is 1.11 bits per heavy atom. The summed E-state index contributed by atoms with van der Waals surface area (Å²) in [6.45, 7) is 5.84. The molecule has 1 amide bonds. The topological polar surface area (TPSA) is 75.1 Å². The van der Waals surface area contributed by atoms with Crippen LogP contribution in [-0.4, -0.2) is 53.1 Å². The Morgan fingerprint density at radius 2 is 1.81 bits per heavy atom. The Bertz CT molecular complexity index is 760. The van der Waals surface area contributed by atoms with Crippen molar-refractivity contribution in [1.82, 2.24) is 25.6 Å². The Morgan fingerprint density at radius 3 is 2.52 bits per heavy atom. The van der Waals surface area contributed by atoms with Crippen LogP contribution in [0.1, 0.15) is 47.9 Å². The fourth-order valence-electron chi connectivity index (χ4n) is 4.12. The molecule has 0 unspecified atom stereocenters. The molecule has 0 saturated carbocycles. The van der Waals surface area contributed by atoms with Crippen LogP contribution >= 0.6 is 0 Å². The molecule has 2 aliphatic heterocycles. The molecule has 0 atom stereocenters. The molecule has 2 aromatic rings. The van der Waals surface area contributed by atoms with E-state index in [1.54, 1.807) is 0 Å². The number of carbonyl (C=O) groups is 1. The quantitative estimate of drug-likeness (QED) is 0.862. The van der Waals surface area contributed by atoms with Crippen molar-refractivity contribution in [3.8, 4) is 0 Å². The summed E-state index contributed by atoms with van der Waals surface area (Å²) < 4.78 is 1.94. The minimum Gasteiger partial charge on any atom is -0.371 e. The van der Waals surface area contributed by atoms with E-state index in [9.17, 15) is 4.79 Å². The van der Waals surface area contributed by atoms with Crippen molar-refractivity contribution in [1.29, 1.82) is 0 Å². The normalized spacial score (nSPS) is 19.2. The first kappa shape index (κ1) is 18.0. The zero-order valence-electron chi connectivity index (χ0n) is 15.9. The maximum atomic E-state index is 12.7. The van der Waals surface area contributed by atoms with Crippen LogP contribution in [0.3, 0.4) is 0 Å². The minimum absolute atomic E-state index is 0.0918. The summed E-state index contributed by atoms with van der Waals surface area (Å²) in [5, 5.41) is 15.0. The van der Waals surface area contributed by atoms with Crippen LogP contribution in [0, 0.1) is 6.92 Å². The fraction of sp³-hybridized carbons (Fsp3) is 0.550. The smallest absolute Gasteiger partial charge is 0.273 e. The molecule has 2 N–H and O–H groups in total. The summed E-state index contributed by atoms with van der Waals surface area (Å²) in [7, 11) is 0. The SMILES string of the molecule is Cc1c(C(=O)NC2CCN(c3ccccc3)CC2)nnn1C1CCNCC1. The molecular weight excluding hydrogens is 340 g/mol. The summed E-state index contributed by atoms with van der Waals surface area (Å²) in [4.78, 5) is 15.1. The van der Waals surface area contributed by atoms with Crippen LogP contribution in [0.2, 0.25) is 0 Å². The standard InChI is InChI=1S/C20H28N6O/c1-15-19(23-24-26(15)18-7-11-21-12-8-18)20(27)22-16-9-13-25(14-10-16)17-5-3-2-4-6-17/h2-6,16,18,21H,7-14H2,1H3,(H,22,27). The first-order chi connectivity index (χ1) is 13.2. The van der Waals surface area contributed by atoms with Crippen molar-refractivity contribution in [2.75, 3.05) is 31.1 Å². The van der Waals surface area contributed by atoms with Crippen LogP contribution in [0.4, 0.5) is 5.69 Å². The van der Waals surface area contributed by atoms with E-state index in [4.69, 9.17) is 0 Å². The molecule has 144 valence electrons. The summed E-state index contributed by atoms with van der Waals surface area (Å²) in [5.74, 6) is -0.0918. The highest BCUT2D eigenvalue weighted by atomic mass is 16.2. The van der Waals surface area contributed by atoms with Gasteiger partial charge in [0.25, 0.3) is 5.91 Å². The summed E-state index contributed by atoms with van der Waals surface area (Å²) >= 11 is 0. The van der Waals surface area contributed by atoms with Gasteiger partial charge < -0.3 is 15.5 Å². The molecule has 3 heterocycles. The third-order valence-electron chi connectivity index (χ3n) is 5.75. The number of para-hydroxylation sites is 1. The fourth-order valence-corrected chi connectivity index (χ4v) is 4.12. The number of nitrogens with one attached hydrogen (secondary N) is 2. The molecule has 1 aromatic heterocycles. The predicted molar refractivity (Wildman–Crippen MR) is 105 cm³/mol. The molecule has 4 rings (SSSR count). The van der Waals surface area contributed by atoms with Crippen molar-refractivity contribution in [2.45, 2.75) is 44.7 Å². The van der Waals surface area contributed by atoms with Crippen LogP contribution < -0.4 is 15.5 Å². The van der Waals surface area contributed by atoms with Crippen LogP contribution in [0.5, 0.6) is 0 Å². The number of anilines is 1. The summed E-state index contributed by atoms with van der Waals surface area (Å²) in [5.41, 5.74) is 2.60. The number of piperidine rings is 2. The lowest BCUT2D eigenvalue weighted by Gasteiger charge is -2.33. The van der Waals surface area contributed by atoms with Gasteiger partial charge in [-0.25, -0.2) is 4.68 Å². The monoisotopic (exact) mass is 368 g/mol. The Labute approximate surface area is 160 Å². The van der Waals surface area contributed by atoms with Gasteiger partial charge in [0.1, 0.15) is 0 Å². The van der Waals surface area contributed by atoms with E-state index in [0.717, 1.165) is 57.6 Å². The van der Waals surface area contributed by atoms with Gasteiger partial charge in [0.2, 0.25) is 0 Å². The zero-order valence-corrected chi connectivity index (χ0v) is 15.9. The third kappa shape index (κ3) is 3.98. The average Bonchev–Trinajstić information content (AvgIpc) is 3.11. The number of benzene rings is 1. The van der Waals surface area contributed by atoms with E-state index in [1.807, 2.05) is 17.7 Å². The molecule has 2 saturated heterocycles. The molecule has 0 bridgehead atoms. The highest BCUT2D eigenvalue weighted by Gasteiger charge is 2.26. The number of carbonyl (C=O) groups excluding carboxylic acids is 1. The Balaban J connectivity index is 1.34. The van der Waals surface area contributed by atoms with Crippen molar-refractivity contribution in [3.63, 3.8) is 0 Å². The lowest BCUT2D eigenvalue weighted by atomic mass is 10.0. The molecule has 7 nitrogen and oxygen atoms in total. The van der Waals surface area contributed by atoms with Crippen LogP contribution in [0.25, 0.3) is 0 Å². The summed E-state index contributed by atoms with van der Waals surface area (Å²) in [6, 6.07) is 11.0. The highest BCUT2D eigenvalue weighted by molar-refractivity contribution is 5.93. The maximum Gasteiger partial charge on any atom is 0.273 e. The van der Waals surface area contributed by atoms with Gasteiger partial charge in [-0.2, -0.15) is 0 Å². The van der Waals surface area contributed by atoms with E-state index in [0.29, 0.717) is 11.7 Å². The number of rotatable bonds is 4. The van der Waals surface area contributed by atoms with Crippen LogP contribution in [0.15, 0.2) is 30.3 Å². The van der Waals surface area contributed by atoms with E-state index in [2.05, 4.69) is 50.1 Å². The highest BCUT2D eigenvalue weighted by Crippen LogP contribution is 2.22. The minimum atomic E-state index is -0.0918. The summed E-state index contributed by atoms with van der Waals surface area (Å²) in [6.07, 6.45) is 3.95. The van der Waals surface area contributed by atoms with Crippen molar-refractivity contribution >= 4 is 11.6 Å². The predicted octanol–water partition coefficient (Wildman–Crippen LogP) is 1.91. The van der Waals surface area contributed by atoms with Gasteiger partial charge in [0.05, 0.1) is 11.7 Å². The van der Waals surface area contributed by atoms with E-state index < -0.39 is 0 Å². The van der Waals surface area contributed by atoms with Crippen molar-refractivity contribution < 1.29 is 4.79 Å². The van der Waals surface area contributed by atoms with Crippen LogP contribution in [-0.2, 0) is 0 Å². The average molecular weight is 368 g/mol. The van der Waals surface area contributed by atoms with E-state index >= 15 is 0 Å². The number of hydrogen-bond acceptors (Lipinski definition) is 5. The second kappa shape index (κ2) is 8.08. The Kier molecular flexibility index (Phi) is 5.38. The van der Waals surface area contributed by atoms with Gasteiger partial charge in [-0.3, -0.25) is 4.79 Å². The first-order valence-electron chi connectivity index (χ1n) is 9.96. The number of amides is 1. The van der Waals surface area contributed by atoms with E-state index in [1.165, 1.54) is 5.69 Å². The molecule has 1 aromatic carbocycles. The number of nitrogens with zero attached hydrogens (tertiary/aromatic N) is 4. The number of aromatic nitrogens is 3. The number of hydrogen-bond donors (Lipinski definition) is 2. The van der Waals surface area contributed by atoms with Crippen molar-refractivity contribution in [2.24, 2.45) is 0 Å². The third-order valence-corrected chi connectivity index (χ3v) is 5.75. The van der Waals surface area contributed by atoms with E-state index in [-0.39, 0.29) is 11.9 Å². The second-order valence-corrected chi connectivity index (χ2v) is 7.52. The lowest BCUT2D eigenvalue weighted by Crippen LogP contribution is -2.45. The maximum absolute atomic E-state index is 12.7. The van der Waals surface area contributed by atoms with Gasteiger partial charge in [0, 0.05) is 24.8 Å². The lowest BCUT2D eigenvalue weighted by molar-refractivity contribution is 0.0925. The molecule has 27 heavy (non-hydrogen) atoms. The van der Waals surface area contributed by atoms with Gasteiger partial charge in [-0.15, -0.1) is 5.10 Å². The molecule has 0 radical (unpaired) electrons. The molecular formula is C20H28N6O. The van der Waals surface area contributed by atoms with Gasteiger partial charge in [-0.05, 0) is 57.8 Å². The molecule has 0 aliphatic carbocycles. The molecule has 2 aliphatic rings. The van der Waals surface area contributed by atoms with Gasteiger partial charge in [-0.1, -0.05) is 23.4 Å². The largest absolute Gasteiger partial charge is 0.371 e. The second-order valence-electron chi connectivity index (χ2n) is 7.52. The van der Waals surface area contributed by atoms with Gasteiger partial charge in [0.15, 0.2) is 5.69 Å². The Hall–Kier alpha value is -2.41.